The number of aliphatic hydroxyl groups excluding tert-OH is 1. The fourth-order valence-electron chi connectivity index (χ4n) is 3.28. The second-order valence-electron chi connectivity index (χ2n) is 6.58. The van der Waals surface area contributed by atoms with Crippen molar-refractivity contribution in [2.45, 2.75) is 18.4 Å². The maximum atomic E-state index is 11.6. The van der Waals surface area contributed by atoms with Gasteiger partial charge in [-0.25, -0.2) is 0 Å². The summed E-state index contributed by atoms with van der Waals surface area (Å²) in [6.07, 6.45) is 1.12. The van der Waals surface area contributed by atoms with Gasteiger partial charge in [-0.15, -0.1) is 12.4 Å². The Morgan fingerprint density at radius 3 is 1.89 bits per heavy atom. The number of aromatic hydroxyl groups is 1. The molecule has 0 radical (unpaired) electrons. The molecule has 0 aliphatic carbocycles. The first-order valence-corrected chi connectivity index (χ1v) is 9.14. The minimum Gasteiger partial charge on any atom is -0.508 e. The van der Waals surface area contributed by atoms with Crippen LogP contribution in [0.15, 0.2) is 78.9 Å². The first-order valence-electron chi connectivity index (χ1n) is 9.14. The van der Waals surface area contributed by atoms with Crippen LogP contribution >= 0.6 is 12.4 Å². The van der Waals surface area contributed by atoms with Crippen molar-refractivity contribution in [1.82, 2.24) is 0 Å². The molecule has 3 rings (SSSR count). The minimum atomic E-state index is -1.22. The van der Waals surface area contributed by atoms with Gasteiger partial charge >= 0.3 is 0 Å². The lowest BCUT2D eigenvalue weighted by molar-refractivity contribution is 0.0950. The molecule has 3 aromatic carbocycles. The van der Waals surface area contributed by atoms with Crippen molar-refractivity contribution in [3.05, 3.63) is 95.6 Å². The van der Waals surface area contributed by atoms with Gasteiger partial charge in [0.1, 0.15) is 11.4 Å². The Bertz CT molecular complexity index is 817. The highest BCUT2D eigenvalue weighted by Gasteiger charge is 2.31. The van der Waals surface area contributed by atoms with E-state index in [0.29, 0.717) is 12.8 Å². The van der Waals surface area contributed by atoms with Gasteiger partial charge in [0.15, 0.2) is 0 Å². The SMILES string of the molecule is Cl.OCCCc1c(O)cccc1NCC(O)(c1ccccc1)c1ccccc1. The molecule has 0 atom stereocenters. The van der Waals surface area contributed by atoms with E-state index in [1.807, 2.05) is 66.7 Å². The lowest BCUT2D eigenvalue weighted by atomic mass is 9.86. The van der Waals surface area contributed by atoms with Gasteiger partial charge in [-0.1, -0.05) is 66.7 Å². The van der Waals surface area contributed by atoms with E-state index in [-0.39, 0.29) is 31.3 Å². The summed E-state index contributed by atoms with van der Waals surface area (Å²) in [5.41, 5.74) is 1.87. The number of phenols is 1. The van der Waals surface area contributed by atoms with Crippen molar-refractivity contribution < 1.29 is 15.3 Å². The molecule has 0 saturated heterocycles. The third kappa shape index (κ3) is 4.84. The molecule has 5 heteroatoms. The average molecular weight is 400 g/mol. The number of rotatable bonds is 8. The summed E-state index contributed by atoms with van der Waals surface area (Å²) < 4.78 is 0. The van der Waals surface area contributed by atoms with Crippen molar-refractivity contribution in [3.63, 3.8) is 0 Å². The highest BCUT2D eigenvalue weighted by molar-refractivity contribution is 5.85. The number of anilines is 1. The molecule has 3 aromatic rings. The molecule has 0 unspecified atom stereocenters. The summed E-state index contributed by atoms with van der Waals surface area (Å²) in [4.78, 5) is 0. The van der Waals surface area contributed by atoms with Crippen molar-refractivity contribution >= 4 is 18.1 Å². The summed E-state index contributed by atoms with van der Waals surface area (Å²) in [6, 6.07) is 24.4. The van der Waals surface area contributed by atoms with Crippen LogP contribution in [-0.2, 0) is 12.0 Å². The third-order valence-corrected chi connectivity index (χ3v) is 4.77. The zero-order valence-electron chi connectivity index (χ0n) is 15.6. The number of hydrogen-bond donors (Lipinski definition) is 4. The van der Waals surface area contributed by atoms with Crippen LogP contribution in [0.2, 0.25) is 0 Å². The predicted molar refractivity (Wildman–Crippen MR) is 115 cm³/mol. The van der Waals surface area contributed by atoms with Crippen LogP contribution < -0.4 is 5.32 Å². The Balaban J connectivity index is 0.00000280. The Kier molecular flexibility index (Phi) is 7.88. The average Bonchev–Trinajstić information content (AvgIpc) is 2.72. The lowest BCUT2D eigenvalue weighted by Crippen LogP contribution is -2.35. The molecule has 0 aliphatic rings. The first-order chi connectivity index (χ1) is 13.1. The summed E-state index contributed by atoms with van der Waals surface area (Å²) >= 11 is 0. The van der Waals surface area contributed by atoms with Crippen LogP contribution in [0.1, 0.15) is 23.1 Å². The standard InChI is InChI=1S/C23H25NO3.ClH/c25-16-8-13-20-21(14-7-15-22(20)26)24-17-23(27,18-9-3-1-4-10-18)19-11-5-2-6-12-19;/h1-7,9-12,14-15,24-27H,8,13,16-17H2;1H. The molecule has 0 bridgehead atoms. The van der Waals surface area contributed by atoms with Crippen molar-refractivity contribution in [2.24, 2.45) is 0 Å². The van der Waals surface area contributed by atoms with Crippen LogP contribution in [0.25, 0.3) is 0 Å². The molecular weight excluding hydrogens is 374 g/mol. The third-order valence-electron chi connectivity index (χ3n) is 4.77. The van der Waals surface area contributed by atoms with Crippen LogP contribution in [0, 0.1) is 0 Å². The molecular formula is C23H26ClNO3. The topological polar surface area (TPSA) is 72.7 Å². The van der Waals surface area contributed by atoms with Gasteiger partial charge in [0.25, 0.3) is 0 Å². The van der Waals surface area contributed by atoms with E-state index in [1.165, 1.54) is 0 Å². The van der Waals surface area contributed by atoms with Crippen molar-refractivity contribution in [3.8, 4) is 5.75 Å². The predicted octanol–water partition coefficient (Wildman–Crippen LogP) is 4.09. The van der Waals surface area contributed by atoms with Gasteiger partial charge in [-0.2, -0.15) is 0 Å². The number of aliphatic hydroxyl groups is 2. The maximum Gasteiger partial charge on any atom is 0.132 e. The summed E-state index contributed by atoms with van der Waals surface area (Å²) in [6.45, 7) is 0.308. The zero-order chi connectivity index (χ0) is 19.1. The maximum absolute atomic E-state index is 11.6. The van der Waals surface area contributed by atoms with Gasteiger partial charge in [-0.3, -0.25) is 0 Å². The van der Waals surface area contributed by atoms with Gasteiger partial charge in [-0.05, 0) is 36.1 Å². The number of nitrogens with one attached hydrogen (secondary N) is 1. The minimum absolute atomic E-state index is 0. The normalized spacial score (nSPS) is 10.9. The molecule has 0 fully saturated rings. The number of phenolic OH excluding ortho intramolecular Hbond substituents is 1. The van der Waals surface area contributed by atoms with Gasteiger partial charge in [0.2, 0.25) is 0 Å². The molecule has 0 spiro atoms. The van der Waals surface area contributed by atoms with E-state index < -0.39 is 5.60 Å². The number of benzene rings is 3. The van der Waals surface area contributed by atoms with Gasteiger partial charge < -0.3 is 20.6 Å². The van der Waals surface area contributed by atoms with Crippen molar-refractivity contribution in [2.75, 3.05) is 18.5 Å². The van der Waals surface area contributed by atoms with E-state index in [9.17, 15) is 10.2 Å². The molecule has 0 aromatic heterocycles. The highest BCUT2D eigenvalue weighted by Crippen LogP contribution is 2.32. The molecule has 4 N–H and O–H groups in total. The van der Waals surface area contributed by atoms with Crippen LogP contribution in [0.4, 0.5) is 5.69 Å². The Morgan fingerprint density at radius 1 is 0.786 bits per heavy atom. The summed E-state index contributed by atoms with van der Waals surface area (Å²) in [5, 5.41) is 34.2. The Morgan fingerprint density at radius 2 is 1.36 bits per heavy atom. The summed E-state index contributed by atoms with van der Waals surface area (Å²) in [5.74, 6) is 0.191. The highest BCUT2D eigenvalue weighted by atomic mass is 35.5. The second kappa shape index (κ2) is 10.1. The molecule has 0 amide bonds. The zero-order valence-corrected chi connectivity index (χ0v) is 16.4. The smallest absolute Gasteiger partial charge is 0.132 e. The Hall–Kier alpha value is -2.53. The van der Waals surface area contributed by atoms with E-state index in [4.69, 9.17) is 5.11 Å². The molecule has 148 valence electrons. The van der Waals surface area contributed by atoms with Crippen LogP contribution in [0.5, 0.6) is 5.75 Å². The fraction of sp³-hybridized carbons (Fsp3) is 0.217. The monoisotopic (exact) mass is 399 g/mol. The molecule has 0 saturated carbocycles. The quantitative estimate of drug-likeness (QED) is 0.460. The first kappa shape index (κ1) is 21.8. The van der Waals surface area contributed by atoms with E-state index in [0.717, 1.165) is 22.4 Å². The van der Waals surface area contributed by atoms with Crippen molar-refractivity contribution in [1.29, 1.82) is 0 Å². The fourth-order valence-corrected chi connectivity index (χ4v) is 3.28. The van der Waals surface area contributed by atoms with E-state index in [1.54, 1.807) is 12.1 Å². The number of hydrogen-bond acceptors (Lipinski definition) is 4. The van der Waals surface area contributed by atoms with Gasteiger partial charge in [0.05, 0.1) is 6.54 Å². The molecule has 0 heterocycles. The molecule has 4 nitrogen and oxygen atoms in total. The number of halogens is 1. The van der Waals surface area contributed by atoms with E-state index in [2.05, 4.69) is 5.32 Å². The van der Waals surface area contributed by atoms with Gasteiger partial charge in [0, 0.05) is 17.9 Å². The molecule has 0 aliphatic heterocycles. The Labute approximate surface area is 171 Å². The van der Waals surface area contributed by atoms with Crippen LogP contribution in [0.3, 0.4) is 0 Å². The largest absolute Gasteiger partial charge is 0.508 e. The lowest BCUT2D eigenvalue weighted by Gasteiger charge is -2.30. The second-order valence-corrected chi connectivity index (χ2v) is 6.58. The summed E-state index contributed by atoms with van der Waals surface area (Å²) in [7, 11) is 0. The van der Waals surface area contributed by atoms with Crippen LogP contribution in [-0.4, -0.2) is 28.5 Å². The molecule has 28 heavy (non-hydrogen) atoms. The van der Waals surface area contributed by atoms with E-state index >= 15 is 0 Å².